The molecule has 0 bridgehead atoms. The molecule has 0 saturated carbocycles. The first-order valence-electron chi connectivity index (χ1n) is 13.2. The first-order valence-corrected chi connectivity index (χ1v) is 14.6. The molecule has 216 valence electrons. The SMILES string of the molecule is Cc1ccc(S(=O)(=O)N(CC(=O)N/N=C\c2ccc(OCC(=O)N3CCOCC3)cc2)c2cc(C)ccc2C)cc1. The second kappa shape index (κ2) is 13.4. The maximum atomic E-state index is 13.6. The molecule has 0 aliphatic carbocycles. The monoisotopic (exact) mass is 578 g/mol. The molecule has 3 aromatic rings. The van der Waals surface area contributed by atoms with Crippen LogP contribution >= 0.6 is 0 Å². The van der Waals surface area contributed by atoms with Crippen LogP contribution < -0.4 is 14.5 Å². The molecule has 1 saturated heterocycles. The number of hydrazone groups is 1. The molecule has 1 fully saturated rings. The molecule has 0 unspecified atom stereocenters. The molecule has 2 amide bonds. The smallest absolute Gasteiger partial charge is 0.264 e. The van der Waals surface area contributed by atoms with E-state index in [1.54, 1.807) is 54.3 Å². The van der Waals surface area contributed by atoms with E-state index in [-0.39, 0.29) is 17.4 Å². The van der Waals surface area contributed by atoms with Crippen molar-refractivity contribution in [3.05, 3.63) is 89.0 Å². The Morgan fingerprint density at radius 2 is 1.63 bits per heavy atom. The van der Waals surface area contributed by atoms with Crippen molar-refractivity contribution in [1.29, 1.82) is 0 Å². The second-order valence-corrected chi connectivity index (χ2v) is 11.6. The van der Waals surface area contributed by atoms with E-state index < -0.39 is 22.5 Å². The standard InChI is InChI=1S/C30H34N4O6S/c1-22-5-12-27(13-6-22)41(37,38)34(28-18-23(2)4-7-24(28)3)20-29(35)32-31-19-25-8-10-26(11-9-25)40-21-30(36)33-14-16-39-17-15-33/h4-13,18-19H,14-17,20-21H2,1-3H3,(H,32,35)/b31-19-. The molecule has 1 heterocycles. The highest BCUT2D eigenvalue weighted by atomic mass is 32.2. The highest BCUT2D eigenvalue weighted by Crippen LogP contribution is 2.28. The van der Waals surface area contributed by atoms with Gasteiger partial charge >= 0.3 is 0 Å². The predicted molar refractivity (Wildman–Crippen MR) is 157 cm³/mol. The van der Waals surface area contributed by atoms with E-state index >= 15 is 0 Å². The number of aryl methyl sites for hydroxylation is 3. The van der Waals surface area contributed by atoms with Crippen molar-refractivity contribution < 1.29 is 27.5 Å². The number of nitrogens with one attached hydrogen (secondary N) is 1. The topological polar surface area (TPSA) is 118 Å². The summed E-state index contributed by atoms with van der Waals surface area (Å²) in [4.78, 5) is 26.9. The Morgan fingerprint density at radius 1 is 0.976 bits per heavy atom. The number of amides is 2. The summed E-state index contributed by atoms with van der Waals surface area (Å²) in [7, 11) is -4.03. The van der Waals surface area contributed by atoms with E-state index in [9.17, 15) is 18.0 Å². The molecule has 1 N–H and O–H groups in total. The largest absolute Gasteiger partial charge is 0.484 e. The Labute approximate surface area is 240 Å². The molecule has 0 spiro atoms. The predicted octanol–water partition coefficient (Wildman–Crippen LogP) is 3.20. The zero-order chi connectivity index (χ0) is 29.4. The van der Waals surface area contributed by atoms with Crippen LogP contribution in [0.25, 0.3) is 0 Å². The summed E-state index contributed by atoms with van der Waals surface area (Å²) >= 11 is 0. The molecule has 3 aromatic carbocycles. The van der Waals surface area contributed by atoms with E-state index in [4.69, 9.17) is 9.47 Å². The summed E-state index contributed by atoms with van der Waals surface area (Å²) in [6.07, 6.45) is 1.44. The number of rotatable bonds is 10. The Kier molecular flexibility index (Phi) is 9.74. The average molecular weight is 579 g/mol. The summed E-state index contributed by atoms with van der Waals surface area (Å²) in [5.41, 5.74) is 6.03. The fraction of sp³-hybridized carbons (Fsp3) is 0.300. The van der Waals surface area contributed by atoms with Crippen molar-refractivity contribution in [1.82, 2.24) is 10.3 Å². The lowest BCUT2D eigenvalue weighted by atomic mass is 10.1. The number of benzene rings is 3. The number of carbonyl (C=O) groups is 2. The van der Waals surface area contributed by atoms with Gasteiger partial charge < -0.3 is 14.4 Å². The maximum Gasteiger partial charge on any atom is 0.264 e. The highest BCUT2D eigenvalue weighted by molar-refractivity contribution is 7.92. The zero-order valence-corrected chi connectivity index (χ0v) is 24.2. The van der Waals surface area contributed by atoms with Crippen LogP contribution in [0.15, 0.2) is 76.7 Å². The zero-order valence-electron chi connectivity index (χ0n) is 23.4. The molecule has 0 radical (unpaired) electrons. The molecule has 1 aliphatic heterocycles. The number of nitrogens with zero attached hydrogens (tertiary/aromatic N) is 3. The summed E-state index contributed by atoms with van der Waals surface area (Å²) < 4.78 is 39.2. The van der Waals surface area contributed by atoms with E-state index in [2.05, 4.69) is 10.5 Å². The number of hydrogen-bond donors (Lipinski definition) is 1. The van der Waals surface area contributed by atoms with E-state index in [1.165, 1.54) is 18.3 Å². The lowest BCUT2D eigenvalue weighted by Crippen LogP contribution is -2.42. The number of carbonyl (C=O) groups excluding carboxylic acids is 2. The van der Waals surface area contributed by atoms with Gasteiger partial charge in [0.05, 0.1) is 30.0 Å². The van der Waals surface area contributed by atoms with Crippen LogP contribution in [0.1, 0.15) is 22.3 Å². The molecule has 1 aliphatic rings. The highest BCUT2D eigenvalue weighted by Gasteiger charge is 2.28. The summed E-state index contributed by atoms with van der Waals surface area (Å²) in [5.74, 6) is -0.168. The number of ether oxygens (including phenoxy) is 2. The van der Waals surface area contributed by atoms with Crippen molar-refractivity contribution >= 4 is 33.7 Å². The van der Waals surface area contributed by atoms with Gasteiger partial charge in [-0.1, -0.05) is 29.8 Å². The minimum absolute atomic E-state index is 0.0636. The van der Waals surface area contributed by atoms with Gasteiger partial charge in [0.25, 0.3) is 21.8 Å². The van der Waals surface area contributed by atoms with Gasteiger partial charge in [-0.2, -0.15) is 5.10 Å². The van der Waals surface area contributed by atoms with Crippen molar-refractivity contribution in [2.75, 3.05) is 43.8 Å². The van der Waals surface area contributed by atoms with Gasteiger partial charge in [-0.15, -0.1) is 0 Å². The minimum atomic E-state index is -4.03. The first kappa shape index (κ1) is 29.8. The Balaban J connectivity index is 1.39. The van der Waals surface area contributed by atoms with Crippen LogP contribution in [-0.4, -0.2) is 70.8 Å². The first-order chi connectivity index (χ1) is 19.6. The van der Waals surface area contributed by atoms with Crippen molar-refractivity contribution in [2.24, 2.45) is 5.10 Å². The van der Waals surface area contributed by atoms with Gasteiger partial charge in [0.15, 0.2) is 6.61 Å². The van der Waals surface area contributed by atoms with Gasteiger partial charge in [0, 0.05) is 13.1 Å². The van der Waals surface area contributed by atoms with Crippen molar-refractivity contribution in [2.45, 2.75) is 25.7 Å². The minimum Gasteiger partial charge on any atom is -0.484 e. The Morgan fingerprint density at radius 3 is 2.32 bits per heavy atom. The Hall–Kier alpha value is -4.22. The number of anilines is 1. The molecule has 0 atom stereocenters. The number of hydrogen-bond acceptors (Lipinski definition) is 7. The Bertz CT molecular complexity index is 1500. The molecular formula is C30H34N4O6S. The second-order valence-electron chi connectivity index (χ2n) is 9.76. The maximum absolute atomic E-state index is 13.6. The quantitative estimate of drug-likeness (QED) is 0.292. The fourth-order valence-electron chi connectivity index (χ4n) is 4.17. The van der Waals surface area contributed by atoms with Gasteiger partial charge in [-0.25, -0.2) is 13.8 Å². The van der Waals surface area contributed by atoms with E-state index in [0.717, 1.165) is 21.0 Å². The van der Waals surface area contributed by atoms with Crippen LogP contribution in [0, 0.1) is 20.8 Å². The van der Waals surface area contributed by atoms with Gasteiger partial charge in [0.2, 0.25) is 0 Å². The van der Waals surface area contributed by atoms with Crippen LogP contribution in [-0.2, 0) is 24.3 Å². The average Bonchev–Trinajstić information content (AvgIpc) is 2.97. The fourth-order valence-corrected chi connectivity index (χ4v) is 5.65. The summed E-state index contributed by atoms with van der Waals surface area (Å²) in [6, 6.07) is 18.8. The van der Waals surface area contributed by atoms with Crippen LogP contribution in [0.5, 0.6) is 5.75 Å². The summed E-state index contributed by atoms with van der Waals surface area (Å²) in [6.45, 7) is 7.20. The number of morpholine rings is 1. The van der Waals surface area contributed by atoms with E-state index in [1.807, 2.05) is 26.0 Å². The van der Waals surface area contributed by atoms with Gasteiger partial charge in [0.1, 0.15) is 12.3 Å². The van der Waals surface area contributed by atoms with Crippen LogP contribution in [0.2, 0.25) is 0 Å². The third-order valence-corrected chi connectivity index (χ3v) is 8.31. The van der Waals surface area contributed by atoms with Crippen LogP contribution in [0.4, 0.5) is 5.69 Å². The molecule has 0 aromatic heterocycles. The van der Waals surface area contributed by atoms with E-state index in [0.29, 0.717) is 43.3 Å². The molecular weight excluding hydrogens is 544 g/mol. The number of sulfonamides is 1. The van der Waals surface area contributed by atoms with Crippen molar-refractivity contribution in [3.8, 4) is 5.75 Å². The lowest BCUT2D eigenvalue weighted by molar-refractivity contribution is -0.137. The van der Waals surface area contributed by atoms with Gasteiger partial charge in [-0.05, 0) is 79.9 Å². The lowest BCUT2D eigenvalue weighted by Gasteiger charge is -2.26. The van der Waals surface area contributed by atoms with Gasteiger partial charge in [-0.3, -0.25) is 13.9 Å². The van der Waals surface area contributed by atoms with Crippen LogP contribution in [0.3, 0.4) is 0 Å². The normalized spacial score (nSPS) is 13.7. The molecule has 4 rings (SSSR count). The third-order valence-electron chi connectivity index (χ3n) is 6.54. The van der Waals surface area contributed by atoms with Crippen molar-refractivity contribution in [3.63, 3.8) is 0 Å². The molecule has 10 nitrogen and oxygen atoms in total. The molecule has 41 heavy (non-hydrogen) atoms. The molecule has 11 heteroatoms. The third kappa shape index (κ3) is 7.92. The summed E-state index contributed by atoms with van der Waals surface area (Å²) in [5, 5.41) is 4.00.